The van der Waals surface area contributed by atoms with Crippen LogP contribution in [0.15, 0.2) is 54.6 Å². The molecule has 0 saturated heterocycles. The summed E-state index contributed by atoms with van der Waals surface area (Å²) in [5.74, 6) is -1.48. The molecule has 0 fully saturated rings. The Morgan fingerprint density at radius 1 is 1.06 bits per heavy atom. The predicted octanol–water partition coefficient (Wildman–Crippen LogP) is 3.48. The molecule has 9 heteroatoms. The molecule has 0 aliphatic heterocycles. The van der Waals surface area contributed by atoms with Crippen molar-refractivity contribution in [2.45, 2.75) is 51.4 Å². The first-order valence-corrected chi connectivity index (χ1v) is 11.1. The second-order valence-electron chi connectivity index (χ2n) is 7.99. The molecular formula is C25H28FN3O5. The number of carboxylic acid groups (broad SMARTS) is 1. The monoisotopic (exact) mass is 469 g/mol. The quantitative estimate of drug-likeness (QED) is 0.341. The van der Waals surface area contributed by atoms with Crippen molar-refractivity contribution in [3.05, 3.63) is 71.8 Å². The summed E-state index contributed by atoms with van der Waals surface area (Å²) in [5.41, 5.74) is 2.10. The number of carboxylic acids is 1. The number of carbonyl (C=O) groups excluding carboxylic acids is 1. The molecule has 0 bridgehead atoms. The van der Waals surface area contributed by atoms with Gasteiger partial charge in [-0.05, 0) is 55.7 Å². The maximum Gasteiger partial charge on any atom is 0.305 e. The summed E-state index contributed by atoms with van der Waals surface area (Å²) in [6.45, 7) is 2.15. The van der Waals surface area contributed by atoms with Crippen LogP contribution in [0, 0.1) is 5.82 Å². The van der Waals surface area contributed by atoms with Crippen molar-refractivity contribution in [3.63, 3.8) is 0 Å². The number of aliphatic carboxylic acids is 1. The molecule has 8 nitrogen and oxygen atoms in total. The molecule has 4 N–H and O–H groups in total. The normalized spacial score (nSPS) is 12.8. The predicted molar refractivity (Wildman–Crippen MR) is 125 cm³/mol. The summed E-state index contributed by atoms with van der Waals surface area (Å²) >= 11 is 0. The van der Waals surface area contributed by atoms with Crippen LogP contribution in [0.3, 0.4) is 0 Å². The number of halogens is 1. The summed E-state index contributed by atoms with van der Waals surface area (Å²) in [7, 11) is 0. The third-order valence-corrected chi connectivity index (χ3v) is 5.40. The van der Waals surface area contributed by atoms with E-state index in [1.165, 1.54) is 12.1 Å². The highest BCUT2D eigenvalue weighted by Gasteiger charge is 2.23. The third-order valence-electron chi connectivity index (χ3n) is 5.40. The lowest BCUT2D eigenvalue weighted by atomic mass is 10.1. The number of para-hydroxylation sites is 1. The van der Waals surface area contributed by atoms with Crippen molar-refractivity contribution < 1.29 is 29.3 Å². The van der Waals surface area contributed by atoms with Gasteiger partial charge in [-0.15, -0.1) is 0 Å². The van der Waals surface area contributed by atoms with E-state index in [2.05, 4.69) is 10.3 Å². The molecule has 2 atom stereocenters. The summed E-state index contributed by atoms with van der Waals surface area (Å²) in [5, 5.41) is 31.8. The van der Waals surface area contributed by atoms with Gasteiger partial charge in [0, 0.05) is 17.8 Å². The number of aromatic nitrogens is 2. The molecule has 1 heterocycles. The number of aliphatic hydroxyl groups excluding tert-OH is 2. The Hall–Kier alpha value is -3.56. The van der Waals surface area contributed by atoms with Gasteiger partial charge in [0.1, 0.15) is 17.3 Å². The maximum absolute atomic E-state index is 13.5. The van der Waals surface area contributed by atoms with E-state index >= 15 is 0 Å². The summed E-state index contributed by atoms with van der Waals surface area (Å²) in [4.78, 5) is 28.4. The van der Waals surface area contributed by atoms with E-state index in [4.69, 9.17) is 5.11 Å². The van der Waals surface area contributed by atoms with Crippen LogP contribution in [-0.4, -0.2) is 49.0 Å². The number of amides is 1. The Kier molecular flexibility index (Phi) is 8.50. The first-order chi connectivity index (χ1) is 16.3. The lowest BCUT2D eigenvalue weighted by molar-refractivity contribution is -0.139. The van der Waals surface area contributed by atoms with Crippen molar-refractivity contribution in [1.82, 2.24) is 9.55 Å². The highest BCUT2D eigenvalue weighted by Crippen LogP contribution is 2.25. The Labute approximate surface area is 196 Å². The standard InChI is InChI=1S/C25H28FN3O5/c1-2-21-23(25(34)27-18-6-4-3-5-7-18)28-24(16-8-10-17(26)11-9-16)29(21)13-12-19(30)14-20(31)15-22(32)33/h3-11,19-20,30-31H,2,12-15H2,1H3,(H,27,34)(H,32,33)/t19-,20-/m1/s1. The first-order valence-electron chi connectivity index (χ1n) is 11.1. The fourth-order valence-electron chi connectivity index (χ4n) is 3.79. The van der Waals surface area contributed by atoms with Gasteiger partial charge in [-0.2, -0.15) is 0 Å². The SMILES string of the molecule is CCc1c(C(=O)Nc2ccccc2)nc(-c2ccc(F)cc2)n1CC[C@@H](O)C[C@@H](O)CC(=O)O. The number of rotatable bonds is 11. The number of benzene rings is 2. The second kappa shape index (κ2) is 11.5. The number of imidazole rings is 1. The van der Waals surface area contributed by atoms with E-state index < -0.39 is 30.4 Å². The van der Waals surface area contributed by atoms with Gasteiger partial charge in [-0.1, -0.05) is 25.1 Å². The molecule has 180 valence electrons. The van der Waals surface area contributed by atoms with Crippen LogP contribution in [0.2, 0.25) is 0 Å². The van der Waals surface area contributed by atoms with Crippen molar-refractivity contribution in [3.8, 4) is 11.4 Å². The highest BCUT2D eigenvalue weighted by molar-refractivity contribution is 6.04. The number of carbonyl (C=O) groups is 2. The summed E-state index contributed by atoms with van der Waals surface area (Å²) in [6, 6.07) is 14.7. The molecule has 0 aliphatic carbocycles. The van der Waals surface area contributed by atoms with Crippen LogP contribution in [0.25, 0.3) is 11.4 Å². The number of anilines is 1. The van der Waals surface area contributed by atoms with Crippen molar-refractivity contribution in [2.24, 2.45) is 0 Å². The Morgan fingerprint density at radius 3 is 2.35 bits per heavy atom. The van der Waals surface area contributed by atoms with E-state index in [9.17, 15) is 24.2 Å². The number of nitrogens with zero attached hydrogens (tertiary/aromatic N) is 2. The van der Waals surface area contributed by atoms with Crippen LogP contribution in [0.5, 0.6) is 0 Å². The van der Waals surface area contributed by atoms with Crippen LogP contribution in [0.1, 0.15) is 42.4 Å². The molecule has 0 spiro atoms. The fourth-order valence-corrected chi connectivity index (χ4v) is 3.79. The molecular weight excluding hydrogens is 441 g/mol. The van der Waals surface area contributed by atoms with Gasteiger partial charge in [0.2, 0.25) is 0 Å². The van der Waals surface area contributed by atoms with Crippen molar-refractivity contribution in [1.29, 1.82) is 0 Å². The third kappa shape index (κ3) is 6.49. The molecule has 1 amide bonds. The smallest absolute Gasteiger partial charge is 0.305 e. The Morgan fingerprint density at radius 2 is 1.74 bits per heavy atom. The summed E-state index contributed by atoms with van der Waals surface area (Å²) < 4.78 is 15.3. The lowest BCUT2D eigenvalue weighted by Crippen LogP contribution is -2.22. The zero-order valence-electron chi connectivity index (χ0n) is 18.8. The molecule has 3 rings (SSSR count). The van der Waals surface area contributed by atoms with Gasteiger partial charge in [0.15, 0.2) is 0 Å². The zero-order valence-corrected chi connectivity index (χ0v) is 18.8. The Bertz CT molecular complexity index is 1120. The van der Waals surface area contributed by atoms with Gasteiger partial charge in [-0.25, -0.2) is 9.37 Å². The summed E-state index contributed by atoms with van der Waals surface area (Å²) in [6.07, 6.45) is -1.98. The molecule has 0 aliphatic rings. The fraction of sp³-hybridized carbons (Fsp3) is 0.320. The molecule has 0 radical (unpaired) electrons. The molecule has 34 heavy (non-hydrogen) atoms. The van der Waals surface area contributed by atoms with Gasteiger partial charge >= 0.3 is 5.97 Å². The molecule has 2 aromatic carbocycles. The zero-order chi connectivity index (χ0) is 24.7. The van der Waals surface area contributed by atoms with Crippen molar-refractivity contribution in [2.75, 3.05) is 5.32 Å². The number of hydrogen-bond acceptors (Lipinski definition) is 5. The van der Waals surface area contributed by atoms with Crippen LogP contribution < -0.4 is 5.32 Å². The van der Waals surface area contributed by atoms with E-state index in [1.807, 2.05) is 13.0 Å². The first kappa shape index (κ1) is 25.1. The maximum atomic E-state index is 13.5. The molecule has 0 saturated carbocycles. The van der Waals surface area contributed by atoms with Crippen LogP contribution >= 0.6 is 0 Å². The van der Waals surface area contributed by atoms with Gasteiger partial charge in [0.05, 0.1) is 24.3 Å². The Balaban J connectivity index is 1.89. The average molecular weight is 470 g/mol. The largest absolute Gasteiger partial charge is 0.481 e. The minimum Gasteiger partial charge on any atom is -0.481 e. The van der Waals surface area contributed by atoms with Gasteiger partial charge < -0.3 is 25.2 Å². The number of nitrogens with one attached hydrogen (secondary N) is 1. The van der Waals surface area contributed by atoms with Gasteiger partial charge in [-0.3, -0.25) is 9.59 Å². The topological polar surface area (TPSA) is 125 Å². The van der Waals surface area contributed by atoms with E-state index in [0.717, 1.165) is 0 Å². The molecule has 1 aromatic heterocycles. The molecule has 3 aromatic rings. The highest BCUT2D eigenvalue weighted by atomic mass is 19.1. The van der Waals surface area contributed by atoms with E-state index in [0.29, 0.717) is 29.2 Å². The second-order valence-corrected chi connectivity index (χ2v) is 7.99. The van der Waals surface area contributed by atoms with Crippen LogP contribution in [-0.2, 0) is 17.8 Å². The minimum absolute atomic E-state index is 0.0876. The van der Waals surface area contributed by atoms with E-state index in [-0.39, 0.29) is 31.0 Å². The number of aliphatic hydroxyl groups is 2. The average Bonchev–Trinajstić information content (AvgIpc) is 3.17. The number of hydrogen-bond donors (Lipinski definition) is 4. The van der Waals surface area contributed by atoms with E-state index in [1.54, 1.807) is 41.0 Å². The lowest BCUT2D eigenvalue weighted by Gasteiger charge is -2.17. The minimum atomic E-state index is -1.16. The van der Waals surface area contributed by atoms with Crippen molar-refractivity contribution >= 4 is 17.6 Å². The molecule has 0 unspecified atom stereocenters. The van der Waals surface area contributed by atoms with Gasteiger partial charge in [0.25, 0.3) is 5.91 Å². The van der Waals surface area contributed by atoms with Crippen LogP contribution in [0.4, 0.5) is 10.1 Å².